The molecule has 0 saturated heterocycles. The zero-order chi connectivity index (χ0) is 13.6. The fourth-order valence-electron chi connectivity index (χ4n) is 1.40. The van der Waals surface area contributed by atoms with Crippen molar-refractivity contribution < 1.29 is 26.7 Å². The van der Waals surface area contributed by atoms with Gasteiger partial charge in [0.25, 0.3) is 5.91 Å². The Labute approximate surface area is 96.5 Å². The van der Waals surface area contributed by atoms with Crippen molar-refractivity contribution in [3.05, 3.63) is 29.1 Å². The van der Waals surface area contributed by atoms with Gasteiger partial charge in [-0.1, -0.05) is 0 Å². The molecular weight excluding hydrogens is 261 g/mol. The Bertz CT molecular complexity index is 557. The Kier molecular flexibility index (Phi) is 2.68. The Morgan fingerprint density at radius 3 is 1.78 bits per heavy atom. The Hall–Kier alpha value is -2.19. The van der Waals surface area contributed by atoms with Gasteiger partial charge in [-0.2, -0.15) is 10.1 Å². The highest BCUT2D eigenvalue weighted by molar-refractivity contribution is 6.11. The van der Waals surface area contributed by atoms with Crippen LogP contribution in [0.25, 0.3) is 0 Å². The Morgan fingerprint density at radius 2 is 1.39 bits per heavy atom. The Balaban J connectivity index is 2.69. The van der Waals surface area contributed by atoms with E-state index in [4.69, 9.17) is 5.73 Å². The molecule has 0 atom stereocenters. The van der Waals surface area contributed by atoms with Gasteiger partial charge in [0.1, 0.15) is 11.5 Å². The standard InChI is InChI=1S/C9H4F5N3O/c10-4-5(11)7(13)9(8(14)6(4)12)17-3(18)1-2(15)16-17/h1H2,(H2,15,16). The lowest BCUT2D eigenvalue weighted by molar-refractivity contribution is -0.117. The Morgan fingerprint density at radius 1 is 0.944 bits per heavy atom. The van der Waals surface area contributed by atoms with Gasteiger partial charge >= 0.3 is 0 Å². The molecule has 18 heavy (non-hydrogen) atoms. The second-order valence-corrected chi connectivity index (χ2v) is 3.39. The van der Waals surface area contributed by atoms with E-state index in [-0.39, 0.29) is 10.8 Å². The van der Waals surface area contributed by atoms with Gasteiger partial charge in [-0.05, 0) is 0 Å². The van der Waals surface area contributed by atoms with E-state index in [0.29, 0.717) is 0 Å². The van der Waals surface area contributed by atoms with Crippen LogP contribution in [0.5, 0.6) is 0 Å². The summed E-state index contributed by atoms with van der Waals surface area (Å²) in [6.07, 6.45) is -0.459. The second kappa shape index (κ2) is 3.93. The number of hydrogen-bond acceptors (Lipinski definition) is 3. The van der Waals surface area contributed by atoms with Gasteiger partial charge in [0.15, 0.2) is 23.3 Å². The van der Waals surface area contributed by atoms with Crippen LogP contribution in [0.15, 0.2) is 5.10 Å². The maximum absolute atomic E-state index is 13.3. The first-order valence-corrected chi connectivity index (χ1v) is 4.52. The van der Waals surface area contributed by atoms with E-state index in [9.17, 15) is 26.7 Å². The van der Waals surface area contributed by atoms with Crippen LogP contribution in [-0.4, -0.2) is 11.7 Å². The molecule has 0 fully saturated rings. The maximum Gasteiger partial charge on any atom is 0.255 e. The van der Waals surface area contributed by atoms with Crippen molar-refractivity contribution in [2.45, 2.75) is 6.42 Å². The van der Waals surface area contributed by atoms with Gasteiger partial charge < -0.3 is 5.73 Å². The minimum atomic E-state index is -2.31. The first kappa shape index (κ1) is 12.3. The molecular formula is C9H4F5N3O. The summed E-state index contributed by atoms with van der Waals surface area (Å²) in [7, 11) is 0. The van der Waals surface area contributed by atoms with Crippen LogP contribution in [0, 0.1) is 29.1 Å². The van der Waals surface area contributed by atoms with Crippen LogP contribution < -0.4 is 10.7 Å². The van der Waals surface area contributed by atoms with Crippen molar-refractivity contribution >= 4 is 17.4 Å². The molecule has 0 aromatic heterocycles. The van der Waals surface area contributed by atoms with Gasteiger partial charge in [0.05, 0.1) is 6.42 Å². The molecule has 1 heterocycles. The van der Waals surface area contributed by atoms with Gasteiger partial charge in [-0.3, -0.25) is 4.79 Å². The molecule has 1 aliphatic rings. The number of amidine groups is 1. The molecule has 96 valence electrons. The predicted octanol–water partition coefficient (Wildman–Crippen LogP) is 1.39. The van der Waals surface area contributed by atoms with E-state index < -0.39 is 47.1 Å². The second-order valence-electron chi connectivity index (χ2n) is 3.39. The number of nitrogens with two attached hydrogens (primary N) is 1. The number of halogens is 5. The van der Waals surface area contributed by atoms with Crippen LogP contribution in [0.1, 0.15) is 6.42 Å². The summed E-state index contributed by atoms with van der Waals surface area (Å²) in [5, 5.41) is 3.28. The quantitative estimate of drug-likeness (QED) is 0.474. The van der Waals surface area contributed by atoms with Gasteiger partial charge in [0, 0.05) is 0 Å². The normalized spacial score (nSPS) is 15.3. The van der Waals surface area contributed by atoms with Crippen LogP contribution >= 0.6 is 0 Å². The van der Waals surface area contributed by atoms with Crippen molar-refractivity contribution in [3.8, 4) is 0 Å². The smallest absolute Gasteiger partial charge is 0.255 e. The van der Waals surface area contributed by atoms with Gasteiger partial charge in [-0.25, -0.2) is 22.0 Å². The minimum absolute atomic E-state index is 0.0611. The topological polar surface area (TPSA) is 58.7 Å². The number of benzene rings is 1. The molecule has 0 saturated carbocycles. The number of carbonyl (C=O) groups is 1. The predicted molar refractivity (Wildman–Crippen MR) is 50.0 cm³/mol. The molecule has 2 rings (SSSR count). The molecule has 1 aromatic carbocycles. The van der Waals surface area contributed by atoms with Crippen LogP contribution in [0.4, 0.5) is 27.6 Å². The number of amides is 1. The molecule has 1 aromatic rings. The molecule has 0 aliphatic carbocycles. The number of nitrogens with zero attached hydrogens (tertiary/aromatic N) is 2. The fraction of sp³-hybridized carbons (Fsp3) is 0.111. The average Bonchev–Trinajstić information content (AvgIpc) is 2.64. The fourth-order valence-corrected chi connectivity index (χ4v) is 1.40. The summed E-state index contributed by atoms with van der Waals surface area (Å²) in [6.45, 7) is 0. The highest BCUT2D eigenvalue weighted by Crippen LogP contribution is 2.32. The molecule has 4 nitrogen and oxygen atoms in total. The lowest BCUT2D eigenvalue weighted by atomic mass is 10.2. The third kappa shape index (κ3) is 1.59. The summed E-state index contributed by atoms with van der Waals surface area (Å²) in [5.41, 5.74) is 3.71. The zero-order valence-electron chi connectivity index (χ0n) is 8.48. The monoisotopic (exact) mass is 265 g/mol. The van der Waals surface area contributed by atoms with Crippen molar-refractivity contribution in [3.63, 3.8) is 0 Å². The molecule has 0 unspecified atom stereocenters. The summed E-state index contributed by atoms with van der Waals surface area (Å²) in [4.78, 5) is 11.3. The summed E-state index contributed by atoms with van der Waals surface area (Å²) in [6, 6.07) is 0. The molecule has 9 heteroatoms. The van der Waals surface area contributed by atoms with E-state index in [1.54, 1.807) is 0 Å². The molecule has 0 radical (unpaired) electrons. The van der Waals surface area contributed by atoms with Gasteiger partial charge in [-0.15, -0.1) is 0 Å². The number of carbonyl (C=O) groups excluding carboxylic acids is 1. The lowest BCUT2D eigenvalue weighted by Gasteiger charge is -2.14. The van der Waals surface area contributed by atoms with E-state index in [2.05, 4.69) is 5.10 Å². The largest absolute Gasteiger partial charge is 0.385 e. The molecule has 0 spiro atoms. The van der Waals surface area contributed by atoms with Crippen LogP contribution in [0.3, 0.4) is 0 Å². The van der Waals surface area contributed by atoms with E-state index in [0.717, 1.165) is 0 Å². The molecule has 1 amide bonds. The number of rotatable bonds is 1. The SMILES string of the molecule is NC1=NN(c2c(F)c(F)c(F)c(F)c2F)C(=O)C1. The van der Waals surface area contributed by atoms with Crippen molar-refractivity contribution in [1.82, 2.24) is 0 Å². The number of anilines is 1. The third-order valence-corrected chi connectivity index (χ3v) is 2.20. The zero-order valence-corrected chi connectivity index (χ0v) is 8.48. The average molecular weight is 265 g/mol. The third-order valence-electron chi connectivity index (χ3n) is 2.20. The van der Waals surface area contributed by atoms with Crippen molar-refractivity contribution in [1.29, 1.82) is 0 Å². The van der Waals surface area contributed by atoms with E-state index in [1.165, 1.54) is 0 Å². The summed E-state index contributed by atoms with van der Waals surface area (Å²) < 4.78 is 65.2. The first-order valence-electron chi connectivity index (χ1n) is 4.52. The highest BCUT2D eigenvalue weighted by atomic mass is 19.2. The lowest BCUT2D eigenvalue weighted by Crippen LogP contribution is -2.24. The molecule has 2 N–H and O–H groups in total. The first-order chi connectivity index (χ1) is 8.34. The maximum atomic E-state index is 13.3. The van der Waals surface area contributed by atoms with Crippen molar-refractivity contribution in [2.75, 3.05) is 5.01 Å². The summed E-state index contributed by atoms with van der Waals surface area (Å²) >= 11 is 0. The summed E-state index contributed by atoms with van der Waals surface area (Å²) in [5.74, 6) is -12.2. The van der Waals surface area contributed by atoms with E-state index in [1.807, 2.05) is 0 Å². The highest BCUT2D eigenvalue weighted by Gasteiger charge is 2.34. The van der Waals surface area contributed by atoms with Crippen molar-refractivity contribution in [2.24, 2.45) is 10.8 Å². The van der Waals surface area contributed by atoms with Gasteiger partial charge in [0.2, 0.25) is 5.82 Å². The molecule has 0 bridgehead atoms. The number of hydrazone groups is 1. The molecule has 1 aliphatic heterocycles. The van der Waals surface area contributed by atoms with Crippen LogP contribution in [0.2, 0.25) is 0 Å². The number of hydrogen-bond donors (Lipinski definition) is 1. The van der Waals surface area contributed by atoms with E-state index >= 15 is 0 Å². The van der Waals surface area contributed by atoms with Crippen LogP contribution in [-0.2, 0) is 4.79 Å². The minimum Gasteiger partial charge on any atom is -0.385 e.